The van der Waals surface area contributed by atoms with E-state index in [0.717, 1.165) is 30.8 Å². The van der Waals surface area contributed by atoms with Gasteiger partial charge >= 0.3 is 0 Å². The zero-order chi connectivity index (χ0) is 19.5. The molecule has 7 nitrogen and oxygen atoms in total. The number of anilines is 1. The Hall–Kier alpha value is -2.67. The number of rotatable bonds is 5. The molecule has 1 saturated carbocycles. The number of carbonyl (C=O) groups excluding carboxylic acids is 1. The van der Waals surface area contributed by atoms with Gasteiger partial charge in [-0.15, -0.1) is 0 Å². The number of aromatic nitrogens is 2. The van der Waals surface area contributed by atoms with Crippen molar-refractivity contribution in [3.8, 4) is 5.75 Å². The second kappa shape index (κ2) is 8.14. The molecule has 1 aromatic carbocycles. The molecule has 1 aliphatic carbocycles. The molecular weight excluding hydrogens is 356 g/mol. The maximum absolute atomic E-state index is 12.8. The average molecular weight is 382 g/mol. The average Bonchev–Trinajstić information content (AvgIpc) is 3.12. The molecule has 0 unspecified atom stereocenters. The summed E-state index contributed by atoms with van der Waals surface area (Å²) in [6.45, 7) is 1.49. The summed E-state index contributed by atoms with van der Waals surface area (Å²) in [5.41, 5.74) is 0.989. The fraction of sp³-hybridized carbons (Fsp3) is 0.476. The largest absolute Gasteiger partial charge is 0.497 e. The Morgan fingerprint density at radius 1 is 1.21 bits per heavy atom. The molecule has 0 radical (unpaired) electrons. The fourth-order valence-electron chi connectivity index (χ4n) is 4.38. The number of likely N-dealkylation sites (tertiary alicyclic amines) is 1. The number of amides is 1. The van der Waals surface area contributed by atoms with E-state index in [-0.39, 0.29) is 11.9 Å². The van der Waals surface area contributed by atoms with Crippen LogP contribution in [0, 0.1) is 11.8 Å². The van der Waals surface area contributed by atoms with Crippen molar-refractivity contribution < 1.29 is 14.6 Å². The van der Waals surface area contributed by atoms with Gasteiger partial charge in [-0.05, 0) is 42.4 Å². The number of nitrogens with one attached hydrogen (secondary N) is 1. The van der Waals surface area contributed by atoms with Crippen molar-refractivity contribution >= 4 is 11.7 Å². The van der Waals surface area contributed by atoms with Crippen LogP contribution in [0.2, 0.25) is 0 Å². The summed E-state index contributed by atoms with van der Waals surface area (Å²) in [6.07, 6.45) is 6.41. The first-order valence-electron chi connectivity index (χ1n) is 9.73. The van der Waals surface area contributed by atoms with Crippen LogP contribution in [0.4, 0.5) is 5.82 Å². The molecule has 2 fully saturated rings. The van der Waals surface area contributed by atoms with Crippen LogP contribution in [0.3, 0.4) is 0 Å². The van der Waals surface area contributed by atoms with Gasteiger partial charge in [-0.25, -0.2) is 4.98 Å². The van der Waals surface area contributed by atoms with Crippen molar-refractivity contribution in [1.29, 1.82) is 0 Å². The lowest BCUT2D eigenvalue weighted by atomic mass is 9.77. The van der Waals surface area contributed by atoms with Crippen LogP contribution in [0.15, 0.2) is 42.9 Å². The lowest BCUT2D eigenvalue weighted by Gasteiger charge is -2.35. The maximum Gasteiger partial charge on any atom is 0.227 e. The Morgan fingerprint density at radius 2 is 1.96 bits per heavy atom. The molecule has 7 heteroatoms. The summed E-state index contributed by atoms with van der Waals surface area (Å²) in [7, 11) is 1.63. The number of hydrogen-bond acceptors (Lipinski definition) is 6. The molecular formula is C21H26N4O3. The van der Waals surface area contributed by atoms with Crippen LogP contribution < -0.4 is 10.1 Å². The van der Waals surface area contributed by atoms with Crippen molar-refractivity contribution in [2.75, 3.05) is 25.5 Å². The summed E-state index contributed by atoms with van der Waals surface area (Å²) in [5.74, 6) is 2.37. The van der Waals surface area contributed by atoms with Gasteiger partial charge in [0, 0.05) is 25.5 Å². The van der Waals surface area contributed by atoms with E-state index in [4.69, 9.17) is 4.74 Å². The van der Waals surface area contributed by atoms with Crippen LogP contribution in [-0.4, -0.2) is 58.2 Å². The SMILES string of the molecule is COc1ccc(CC(=O)N2C[C@H]3C[C@@H](Nc4cnccn4)[C@H](O)C[C@H]3C2)cc1. The standard InChI is InChI=1S/C21H26N4O3/c1-28-17-4-2-14(3-5-17)8-21(27)25-12-15-9-18(19(26)10-16(15)13-25)24-20-11-22-6-7-23-20/h2-7,11,15-16,18-19,26H,8-10,12-13H2,1H3,(H,23,24)/t15-,16+,18-,19-/m1/s1. The Labute approximate surface area is 164 Å². The van der Waals surface area contributed by atoms with Gasteiger partial charge in [0.25, 0.3) is 0 Å². The topological polar surface area (TPSA) is 87.6 Å². The summed E-state index contributed by atoms with van der Waals surface area (Å²) >= 11 is 0. The monoisotopic (exact) mass is 382 g/mol. The molecule has 0 spiro atoms. The third-order valence-corrected chi connectivity index (χ3v) is 5.91. The second-order valence-electron chi connectivity index (χ2n) is 7.72. The van der Waals surface area contributed by atoms with E-state index in [1.165, 1.54) is 0 Å². The number of ether oxygens (including phenoxy) is 1. The molecule has 1 aromatic heterocycles. The van der Waals surface area contributed by atoms with Crippen molar-refractivity contribution in [1.82, 2.24) is 14.9 Å². The van der Waals surface area contributed by atoms with Gasteiger partial charge in [-0.3, -0.25) is 9.78 Å². The predicted molar refractivity (Wildman–Crippen MR) is 105 cm³/mol. The molecule has 0 bridgehead atoms. The summed E-state index contributed by atoms with van der Waals surface area (Å²) in [6, 6.07) is 7.57. The van der Waals surface area contributed by atoms with Gasteiger partial charge < -0.3 is 20.1 Å². The highest BCUT2D eigenvalue weighted by atomic mass is 16.5. The number of aliphatic hydroxyl groups is 1. The summed E-state index contributed by atoms with van der Waals surface area (Å²) < 4.78 is 5.17. The van der Waals surface area contributed by atoms with Crippen molar-refractivity contribution in [3.05, 3.63) is 48.4 Å². The number of fused-ring (bicyclic) bond motifs is 1. The highest BCUT2D eigenvalue weighted by Gasteiger charge is 2.43. The van der Waals surface area contributed by atoms with Crippen molar-refractivity contribution in [2.24, 2.45) is 11.8 Å². The van der Waals surface area contributed by atoms with Gasteiger partial charge in [-0.1, -0.05) is 12.1 Å². The summed E-state index contributed by atoms with van der Waals surface area (Å²) in [5, 5.41) is 13.9. The minimum absolute atomic E-state index is 0.0606. The van der Waals surface area contributed by atoms with Crippen LogP contribution in [0.1, 0.15) is 18.4 Å². The Balaban J connectivity index is 1.35. The highest BCUT2D eigenvalue weighted by molar-refractivity contribution is 5.79. The molecule has 2 heterocycles. The van der Waals surface area contributed by atoms with Gasteiger partial charge in [0.15, 0.2) is 0 Å². The number of benzene rings is 1. The quantitative estimate of drug-likeness (QED) is 0.819. The number of nitrogens with zero attached hydrogens (tertiary/aromatic N) is 3. The zero-order valence-electron chi connectivity index (χ0n) is 16.0. The summed E-state index contributed by atoms with van der Waals surface area (Å²) in [4.78, 5) is 23.0. The Kier molecular flexibility index (Phi) is 5.43. The van der Waals surface area contributed by atoms with Crippen LogP contribution in [0.5, 0.6) is 5.75 Å². The molecule has 2 aromatic rings. The van der Waals surface area contributed by atoms with E-state index >= 15 is 0 Å². The lowest BCUT2D eigenvalue weighted by Crippen LogP contribution is -2.43. The van der Waals surface area contributed by atoms with E-state index in [0.29, 0.717) is 30.5 Å². The molecule has 1 amide bonds. The van der Waals surface area contributed by atoms with Crippen molar-refractivity contribution in [3.63, 3.8) is 0 Å². The van der Waals surface area contributed by atoms with Crippen LogP contribution in [0.25, 0.3) is 0 Å². The smallest absolute Gasteiger partial charge is 0.227 e. The molecule has 2 N–H and O–H groups in total. The number of aliphatic hydroxyl groups excluding tert-OH is 1. The third kappa shape index (κ3) is 4.09. The van der Waals surface area contributed by atoms with E-state index < -0.39 is 6.10 Å². The van der Waals surface area contributed by atoms with E-state index in [9.17, 15) is 9.90 Å². The first kappa shape index (κ1) is 18.7. The first-order chi connectivity index (χ1) is 13.6. The minimum atomic E-state index is -0.445. The number of hydrogen-bond donors (Lipinski definition) is 2. The third-order valence-electron chi connectivity index (χ3n) is 5.91. The van der Waals surface area contributed by atoms with E-state index in [1.54, 1.807) is 25.7 Å². The predicted octanol–water partition coefficient (Wildman–Crippen LogP) is 1.74. The van der Waals surface area contributed by atoms with Gasteiger partial charge in [-0.2, -0.15) is 0 Å². The van der Waals surface area contributed by atoms with Crippen molar-refractivity contribution in [2.45, 2.75) is 31.4 Å². The Morgan fingerprint density at radius 3 is 2.64 bits per heavy atom. The molecule has 1 aliphatic heterocycles. The van der Waals surface area contributed by atoms with Crippen LogP contribution >= 0.6 is 0 Å². The lowest BCUT2D eigenvalue weighted by molar-refractivity contribution is -0.129. The molecule has 2 aliphatic rings. The van der Waals surface area contributed by atoms with Crippen LogP contribution in [-0.2, 0) is 11.2 Å². The molecule has 148 valence electrons. The molecule has 1 saturated heterocycles. The van der Waals surface area contributed by atoms with Gasteiger partial charge in [0.1, 0.15) is 11.6 Å². The molecule has 28 heavy (non-hydrogen) atoms. The first-order valence-corrected chi connectivity index (χ1v) is 9.73. The minimum Gasteiger partial charge on any atom is -0.497 e. The number of methoxy groups -OCH3 is 1. The highest BCUT2D eigenvalue weighted by Crippen LogP contribution is 2.37. The normalized spacial score (nSPS) is 26.6. The number of carbonyl (C=O) groups is 1. The zero-order valence-corrected chi connectivity index (χ0v) is 16.0. The van der Waals surface area contributed by atoms with Gasteiger partial charge in [0.2, 0.25) is 5.91 Å². The van der Waals surface area contributed by atoms with Gasteiger partial charge in [0.05, 0.1) is 31.9 Å². The van der Waals surface area contributed by atoms with E-state index in [2.05, 4.69) is 15.3 Å². The fourth-order valence-corrected chi connectivity index (χ4v) is 4.38. The molecule has 4 atom stereocenters. The molecule has 4 rings (SSSR count). The maximum atomic E-state index is 12.8. The second-order valence-corrected chi connectivity index (χ2v) is 7.72. The van der Waals surface area contributed by atoms with E-state index in [1.807, 2.05) is 29.2 Å². The Bertz CT molecular complexity index is 799.